The van der Waals surface area contributed by atoms with Gasteiger partial charge in [0.1, 0.15) is 12.4 Å². The Morgan fingerprint density at radius 1 is 1.04 bits per heavy atom. The zero-order valence-corrected chi connectivity index (χ0v) is 14.9. The fourth-order valence-corrected chi connectivity index (χ4v) is 2.19. The van der Waals surface area contributed by atoms with Crippen molar-refractivity contribution in [3.05, 3.63) is 54.1 Å². The fraction of sp³-hybridized carbons (Fsp3) is 0.316. The zero-order valence-electron chi connectivity index (χ0n) is 14.9. The molecular weight excluding hydrogens is 318 g/mol. The molecule has 0 aliphatic rings. The molecule has 0 spiro atoms. The van der Waals surface area contributed by atoms with Crippen molar-refractivity contribution in [2.24, 2.45) is 0 Å². The number of ether oxygens (including phenoxy) is 2. The normalized spacial score (nSPS) is 10.2. The van der Waals surface area contributed by atoms with Gasteiger partial charge in [0.05, 0.1) is 12.3 Å². The van der Waals surface area contributed by atoms with Crippen LogP contribution in [-0.2, 0) is 11.3 Å². The quantitative estimate of drug-likeness (QED) is 0.723. The van der Waals surface area contributed by atoms with Crippen LogP contribution in [0.15, 0.2) is 48.5 Å². The third kappa shape index (κ3) is 6.00. The molecule has 0 saturated heterocycles. The van der Waals surface area contributed by atoms with Crippen molar-refractivity contribution in [2.75, 3.05) is 44.6 Å². The Bertz CT molecular complexity index is 672. The third-order valence-electron chi connectivity index (χ3n) is 3.59. The van der Waals surface area contributed by atoms with Crippen LogP contribution in [0.3, 0.4) is 0 Å². The van der Waals surface area contributed by atoms with E-state index in [0.29, 0.717) is 31.2 Å². The molecule has 0 bridgehead atoms. The fourth-order valence-electron chi connectivity index (χ4n) is 2.19. The number of urea groups is 1. The van der Waals surface area contributed by atoms with E-state index in [1.54, 1.807) is 13.2 Å². The molecule has 2 aromatic rings. The van der Waals surface area contributed by atoms with Gasteiger partial charge in [0.15, 0.2) is 0 Å². The topological polar surface area (TPSA) is 62.8 Å². The van der Waals surface area contributed by atoms with Crippen LogP contribution in [0.5, 0.6) is 5.75 Å². The number of nitrogens with one attached hydrogen (secondary N) is 2. The van der Waals surface area contributed by atoms with Crippen molar-refractivity contribution >= 4 is 17.4 Å². The molecule has 0 unspecified atom stereocenters. The van der Waals surface area contributed by atoms with Crippen LogP contribution in [0.2, 0.25) is 0 Å². The average Bonchev–Trinajstić information content (AvgIpc) is 2.62. The van der Waals surface area contributed by atoms with Gasteiger partial charge in [0.25, 0.3) is 0 Å². The molecule has 2 rings (SSSR count). The van der Waals surface area contributed by atoms with E-state index in [2.05, 4.69) is 10.6 Å². The minimum absolute atomic E-state index is 0.278. The largest absolute Gasteiger partial charge is 0.489 e. The molecular formula is C19H25N3O3. The molecule has 2 aromatic carbocycles. The van der Waals surface area contributed by atoms with Crippen LogP contribution >= 0.6 is 0 Å². The summed E-state index contributed by atoms with van der Waals surface area (Å²) >= 11 is 0. The number of nitrogens with zero attached hydrogens (tertiary/aromatic N) is 1. The lowest BCUT2D eigenvalue weighted by molar-refractivity contribution is 0.146. The Labute approximate surface area is 148 Å². The molecule has 134 valence electrons. The van der Waals surface area contributed by atoms with Crippen molar-refractivity contribution < 1.29 is 14.3 Å². The summed E-state index contributed by atoms with van der Waals surface area (Å²) in [6.07, 6.45) is 0. The van der Waals surface area contributed by atoms with E-state index in [9.17, 15) is 4.79 Å². The van der Waals surface area contributed by atoms with E-state index in [1.165, 1.54) is 0 Å². The van der Waals surface area contributed by atoms with E-state index in [0.717, 1.165) is 11.3 Å². The summed E-state index contributed by atoms with van der Waals surface area (Å²) in [4.78, 5) is 14.2. The van der Waals surface area contributed by atoms with Gasteiger partial charge in [-0.3, -0.25) is 0 Å². The summed E-state index contributed by atoms with van der Waals surface area (Å²) in [5.74, 6) is 0.616. The SMILES string of the molecule is COCCOc1ccccc1NC(=O)NCc1ccc(N(C)C)cc1. The van der Waals surface area contributed by atoms with Gasteiger partial charge in [-0.25, -0.2) is 4.79 Å². The summed E-state index contributed by atoms with van der Waals surface area (Å²) in [7, 11) is 5.60. The molecule has 0 aliphatic heterocycles. The van der Waals surface area contributed by atoms with Crippen LogP contribution in [0.25, 0.3) is 0 Å². The van der Waals surface area contributed by atoms with Gasteiger partial charge in [0, 0.05) is 33.4 Å². The molecule has 2 N–H and O–H groups in total. The molecule has 0 radical (unpaired) electrons. The van der Waals surface area contributed by atoms with Crippen LogP contribution in [0.4, 0.5) is 16.2 Å². The van der Waals surface area contributed by atoms with E-state index in [-0.39, 0.29) is 6.03 Å². The Balaban J connectivity index is 1.87. The van der Waals surface area contributed by atoms with Crippen molar-refractivity contribution in [3.8, 4) is 5.75 Å². The van der Waals surface area contributed by atoms with Gasteiger partial charge in [-0.05, 0) is 29.8 Å². The minimum Gasteiger partial charge on any atom is -0.489 e. The van der Waals surface area contributed by atoms with E-state index < -0.39 is 0 Å². The number of benzene rings is 2. The summed E-state index contributed by atoms with van der Waals surface area (Å²) < 4.78 is 10.6. The van der Waals surface area contributed by atoms with Gasteiger partial charge >= 0.3 is 6.03 Å². The Kier molecular flexibility index (Phi) is 7.10. The number of amides is 2. The highest BCUT2D eigenvalue weighted by Crippen LogP contribution is 2.23. The first-order chi connectivity index (χ1) is 12.1. The molecule has 0 saturated carbocycles. The zero-order chi connectivity index (χ0) is 18.1. The van der Waals surface area contributed by atoms with E-state index in [4.69, 9.17) is 9.47 Å². The highest BCUT2D eigenvalue weighted by Gasteiger charge is 2.07. The Hall–Kier alpha value is -2.73. The third-order valence-corrected chi connectivity index (χ3v) is 3.59. The van der Waals surface area contributed by atoms with Gasteiger partial charge in [0.2, 0.25) is 0 Å². The lowest BCUT2D eigenvalue weighted by atomic mass is 10.2. The Morgan fingerprint density at radius 3 is 2.44 bits per heavy atom. The summed E-state index contributed by atoms with van der Waals surface area (Å²) in [6.45, 7) is 1.37. The number of hydrogen-bond donors (Lipinski definition) is 2. The number of hydrogen-bond acceptors (Lipinski definition) is 4. The minimum atomic E-state index is -0.278. The first-order valence-electron chi connectivity index (χ1n) is 8.12. The number of para-hydroxylation sites is 2. The van der Waals surface area contributed by atoms with Gasteiger partial charge in [-0.15, -0.1) is 0 Å². The number of anilines is 2. The molecule has 25 heavy (non-hydrogen) atoms. The van der Waals surface area contributed by atoms with Crippen LogP contribution in [-0.4, -0.2) is 40.5 Å². The lowest BCUT2D eigenvalue weighted by Gasteiger charge is -2.14. The number of carbonyl (C=O) groups is 1. The van der Waals surface area contributed by atoms with E-state index in [1.807, 2.05) is 61.5 Å². The standard InChI is InChI=1S/C19H25N3O3/c1-22(2)16-10-8-15(9-11-16)14-20-19(23)21-17-6-4-5-7-18(17)25-13-12-24-3/h4-11H,12-14H2,1-3H3,(H2,20,21,23). The van der Waals surface area contributed by atoms with Gasteiger partial charge in [-0.1, -0.05) is 24.3 Å². The second kappa shape index (κ2) is 9.54. The maximum Gasteiger partial charge on any atom is 0.319 e. The summed E-state index contributed by atoms with van der Waals surface area (Å²) in [6, 6.07) is 15.1. The molecule has 6 nitrogen and oxygen atoms in total. The molecule has 6 heteroatoms. The molecule has 0 atom stereocenters. The Morgan fingerprint density at radius 2 is 1.76 bits per heavy atom. The predicted molar refractivity (Wildman–Crippen MR) is 100 cm³/mol. The highest BCUT2D eigenvalue weighted by molar-refractivity contribution is 5.90. The van der Waals surface area contributed by atoms with Crippen LogP contribution < -0.4 is 20.3 Å². The van der Waals surface area contributed by atoms with E-state index >= 15 is 0 Å². The molecule has 2 amide bonds. The van der Waals surface area contributed by atoms with Gasteiger partial charge in [-0.2, -0.15) is 0 Å². The maximum absolute atomic E-state index is 12.1. The molecule has 0 fully saturated rings. The monoisotopic (exact) mass is 343 g/mol. The van der Waals surface area contributed by atoms with Gasteiger partial charge < -0.3 is 25.0 Å². The summed E-state index contributed by atoms with van der Waals surface area (Å²) in [5, 5.41) is 5.66. The first-order valence-corrected chi connectivity index (χ1v) is 8.12. The van der Waals surface area contributed by atoms with Crippen LogP contribution in [0.1, 0.15) is 5.56 Å². The summed E-state index contributed by atoms with van der Waals surface area (Å²) in [5.41, 5.74) is 2.78. The van der Waals surface area contributed by atoms with Crippen molar-refractivity contribution in [1.29, 1.82) is 0 Å². The molecule has 0 aromatic heterocycles. The predicted octanol–water partition coefficient (Wildman–Crippen LogP) is 3.10. The number of methoxy groups -OCH3 is 1. The maximum atomic E-state index is 12.1. The lowest BCUT2D eigenvalue weighted by Crippen LogP contribution is -2.28. The average molecular weight is 343 g/mol. The van der Waals surface area contributed by atoms with Crippen LogP contribution in [0, 0.1) is 0 Å². The first kappa shape index (κ1) is 18.6. The highest BCUT2D eigenvalue weighted by atomic mass is 16.5. The van der Waals surface area contributed by atoms with Crippen molar-refractivity contribution in [2.45, 2.75) is 6.54 Å². The second-order valence-electron chi connectivity index (χ2n) is 5.71. The molecule has 0 aliphatic carbocycles. The second-order valence-corrected chi connectivity index (χ2v) is 5.71. The number of carbonyl (C=O) groups excluding carboxylic acids is 1. The van der Waals surface area contributed by atoms with Crippen molar-refractivity contribution in [1.82, 2.24) is 5.32 Å². The van der Waals surface area contributed by atoms with Crippen molar-refractivity contribution in [3.63, 3.8) is 0 Å². The molecule has 0 heterocycles. The smallest absolute Gasteiger partial charge is 0.319 e. The number of rotatable bonds is 8.